The Morgan fingerprint density at radius 1 is 0.679 bits per heavy atom. The first-order chi connectivity index (χ1) is 27.0. The van der Waals surface area contributed by atoms with Crippen LogP contribution in [0.3, 0.4) is 0 Å². The predicted molar refractivity (Wildman–Crippen MR) is 203 cm³/mol. The van der Waals surface area contributed by atoms with Crippen molar-refractivity contribution in [2.45, 2.75) is 64.1 Å². The Morgan fingerprint density at radius 2 is 1.25 bits per heavy atom. The number of aromatic nitrogens is 1. The number of ether oxygens (including phenoxy) is 3. The Hall–Kier alpha value is -7.03. The number of nitro benzene ring substituents is 1. The van der Waals surface area contributed by atoms with Gasteiger partial charge in [-0.3, -0.25) is 24.5 Å². The van der Waals surface area contributed by atoms with E-state index in [0.29, 0.717) is 16.7 Å². The number of aromatic amines is 1. The average molecular weight is 764 g/mol. The van der Waals surface area contributed by atoms with Gasteiger partial charge in [0.25, 0.3) is 5.69 Å². The molecule has 1 heterocycles. The van der Waals surface area contributed by atoms with Crippen LogP contribution in [0.25, 0.3) is 10.9 Å². The number of esters is 2. The number of fused-ring (bicyclic) bond motifs is 1. The Bertz CT molecular complexity index is 2120. The van der Waals surface area contributed by atoms with E-state index in [1.807, 2.05) is 48.5 Å². The Labute approximate surface area is 321 Å². The average Bonchev–Trinajstić information content (AvgIpc) is 3.62. The number of para-hydroxylation sites is 1. The highest BCUT2D eigenvalue weighted by Crippen LogP contribution is 2.20. The Morgan fingerprint density at radius 3 is 1.91 bits per heavy atom. The SMILES string of the molecule is CC(NC(=O)C(Cc1c[nH]c2ccccc12)NC(=O)C(CCC(=O)OCc1ccccc1)NC(=O)OCc1ccccc1)C(=O)OCc1ccc([N+](=O)[O-])cc1. The Balaban J connectivity index is 1.28. The molecule has 15 nitrogen and oxygen atoms in total. The fourth-order valence-corrected chi connectivity index (χ4v) is 5.62. The minimum Gasteiger partial charge on any atom is -0.461 e. The molecule has 56 heavy (non-hydrogen) atoms. The summed E-state index contributed by atoms with van der Waals surface area (Å²) in [7, 11) is 0. The summed E-state index contributed by atoms with van der Waals surface area (Å²) in [5, 5.41) is 19.6. The van der Waals surface area contributed by atoms with Gasteiger partial charge in [0.15, 0.2) is 0 Å². The second-order valence-electron chi connectivity index (χ2n) is 12.8. The van der Waals surface area contributed by atoms with Gasteiger partial charge < -0.3 is 35.1 Å². The first-order valence-corrected chi connectivity index (χ1v) is 17.8. The number of hydrogen-bond acceptors (Lipinski definition) is 10. The maximum atomic E-state index is 13.9. The number of non-ortho nitro benzene ring substituents is 1. The number of carbonyl (C=O) groups is 5. The molecule has 0 saturated carbocycles. The molecule has 290 valence electrons. The number of nitrogens with zero attached hydrogens (tertiary/aromatic N) is 1. The monoisotopic (exact) mass is 763 g/mol. The standard InChI is InChI=1S/C41H41N5O10/c1-27(40(50)55-25-30-16-18-32(19-17-30)46(52)53)43-39(49)36(22-31-23-42-34-15-9-8-14-33(31)34)44-38(48)35(45-41(51)56-26-29-12-6-3-7-13-29)20-21-37(47)54-24-28-10-4-2-5-11-28/h2-19,23,27,35-36,42H,20-22,24-26H2,1H3,(H,43,49)(H,44,48)(H,45,51). The molecule has 3 amide bonds. The molecule has 0 aliphatic carbocycles. The van der Waals surface area contributed by atoms with E-state index in [-0.39, 0.29) is 44.8 Å². The van der Waals surface area contributed by atoms with Gasteiger partial charge in [0.2, 0.25) is 11.8 Å². The zero-order chi connectivity index (χ0) is 39.9. The van der Waals surface area contributed by atoms with Gasteiger partial charge in [-0.15, -0.1) is 0 Å². The number of H-pyrrole nitrogens is 1. The number of nitrogens with one attached hydrogen (secondary N) is 4. The molecule has 3 unspecified atom stereocenters. The van der Waals surface area contributed by atoms with Crippen LogP contribution in [0.4, 0.5) is 10.5 Å². The highest BCUT2D eigenvalue weighted by molar-refractivity contribution is 5.94. The molecule has 3 atom stereocenters. The summed E-state index contributed by atoms with van der Waals surface area (Å²) >= 11 is 0. The molecule has 1 aromatic heterocycles. The third kappa shape index (κ3) is 12.0. The zero-order valence-corrected chi connectivity index (χ0v) is 30.5. The molecular weight excluding hydrogens is 722 g/mol. The predicted octanol–water partition coefficient (Wildman–Crippen LogP) is 5.17. The minimum absolute atomic E-state index is 0.0174. The quantitative estimate of drug-likeness (QED) is 0.0398. The molecule has 15 heteroatoms. The smallest absolute Gasteiger partial charge is 0.408 e. The number of hydrogen-bond donors (Lipinski definition) is 4. The van der Waals surface area contributed by atoms with Crippen molar-refractivity contribution >= 4 is 46.4 Å². The van der Waals surface area contributed by atoms with Crippen LogP contribution in [-0.4, -0.2) is 57.9 Å². The van der Waals surface area contributed by atoms with Crippen molar-refractivity contribution < 1.29 is 43.1 Å². The molecule has 4 N–H and O–H groups in total. The summed E-state index contributed by atoms with van der Waals surface area (Å²) in [4.78, 5) is 79.9. The van der Waals surface area contributed by atoms with Crippen molar-refractivity contribution in [3.63, 3.8) is 0 Å². The van der Waals surface area contributed by atoms with Crippen LogP contribution >= 0.6 is 0 Å². The lowest BCUT2D eigenvalue weighted by atomic mass is 10.0. The first-order valence-electron chi connectivity index (χ1n) is 17.8. The van der Waals surface area contributed by atoms with E-state index in [2.05, 4.69) is 20.9 Å². The van der Waals surface area contributed by atoms with Crippen LogP contribution in [0.1, 0.15) is 42.0 Å². The van der Waals surface area contributed by atoms with Crippen molar-refractivity contribution in [3.8, 4) is 0 Å². The fraction of sp³-hybridized carbons (Fsp3) is 0.244. The summed E-state index contributed by atoms with van der Waals surface area (Å²) in [5.74, 6) is -2.91. The largest absolute Gasteiger partial charge is 0.461 e. The van der Waals surface area contributed by atoms with Crippen LogP contribution in [0.15, 0.2) is 115 Å². The van der Waals surface area contributed by atoms with E-state index in [0.717, 1.165) is 16.5 Å². The van der Waals surface area contributed by atoms with Gasteiger partial charge in [-0.1, -0.05) is 78.9 Å². The molecule has 0 aliphatic heterocycles. The number of alkyl carbamates (subject to hydrolysis) is 1. The summed E-state index contributed by atoms with van der Waals surface area (Å²) in [5.41, 5.74) is 3.35. The van der Waals surface area contributed by atoms with Gasteiger partial charge >= 0.3 is 18.0 Å². The maximum absolute atomic E-state index is 13.9. The van der Waals surface area contributed by atoms with E-state index in [9.17, 15) is 34.1 Å². The highest BCUT2D eigenvalue weighted by atomic mass is 16.6. The number of nitro groups is 1. The van der Waals surface area contributed by atoms with E-state index in [4.69, 9.17) is 14.2 Å². The first kappa shape index (κ1) is 40.2. The van der Waals surface area contributed by atoms with Crippen molar-refractivity contribution in [3.05, 3.63) is 148 Å². The molecule has 0 spiro atoms. The Kier molecular flexibility index (Phi) is 14.3. The van der Waals surface area contributed by atoms with Gasteiger partial charge in [0.1, 0.15) is 37.9 Å². The third-order valence-corrected chi connectivity index (χ3v) is 8.67. The fourth-order valence-electron chi connectivity index (χ4n) is 5.62. The normalized spacial score (nSPS) is 12.4. The van der Waals surface area contributed by atoms with Gasteiger partial charge in [-0.05, 0) is 53.8 Å². The summed E-state index contributed by atoms with van der Waals surface area (Å²) < 4.78 is 16.1. The van der Waals surface area contributed by atoms with E-state index < -0.39 is 52.9 Å². The van der Waals surface area contributed by atoms with Crippen LogP contribution in [0.5, 0.6) is 0 Å². The van der Waals surface area contributed by atoms with Crippen molar-refractivity contribution in [2.75, 3.05) is 0 Å². The van der Waals surface area contributed by atoms with Gasteiger partial charge in [-0.2, -0.15) is 0 Å². The van der Waals surface area contributed by atoms with Crippen LogP contribution < -0.4 is 16.0 Å². The number of amides is 3. The molecular formula is C41H41N5O10. The van der Waals surface area contributed by atoms with Crippen molar-refractivity contribution in [1.82, 2.24) is 20.9 Å². The minimum atomic E-state index is -1.33. The molecule has 0 radical (unpaired) electrons. The molecule has 5 rings (SSSR count). The second kappa shape index (κ2) is 19.9. The number of rotatable bonds is 18. The zero-order valence-electron chi connectivity index (χ0n) is 30.5. The van der Waals surface area contributed by atoms with Crippen LogP contribution in [0.2, 0.25) is 0 Å². The lowest BCUT2D eigenvalue weighted by molar-refractivity contribution is -0.384. The highest BCUT2D eigenvalue weighted by Gasteiger charge is 2.30. The third-order valence-electron chi connectivity index (χ3n) is 8.67. The maximum Gasteiger partial charge on any atom is 0.408 e. The summed E-state index contributed by atoms with van der Waals surface area (Å²) in [6, 6.07) is 27.0. The van der Waals surface area contributed by atoms with Crippen molar-refractivity contribution in [2.24, 2.45) is 0 Å². The topological polar surface area (TPSA) is 208 Å². The van der Waals surface area contributed by atoms with Gasteiger partial charge in [0, 0.05) is 42.1 Å². The van der Waals surface area contributed by atoms with E-state index in [1.54, 1.807) is 42.6 Å². The molecule has 0 aliphatic rings. The molecule has 0 fully saturated rings. The van der Waals surface area contributed by atoms with Crippen molar-refractivity contribution in [1.29, 1.82) is 0 Å². The summed E-state index contributed by atoms with van der Waals surface area (Å²) in [6.07, 6.45) is 0.330. The van der Waals surface area contributed by atoms with E-state index >= 15 is 0 Å². The van der Waals surface area contributed by atoms with E-state index in [1.165, 1.54) is 31.2 Å². The van der Waals surface area contributed by atoms with Gasteiger partial charge in [-0.25, -0.2) is 9.59 Å². The lowest BCUT2D eigenvalue weighted by Crippen LogP contribution is -2.56. The van der Waals surface area contributed by atoms with Crippen LogP contribution in [0, 0.1) is 10.1 Å². The number of carbonyl (C=O) groups excluding carboxylic acids is 5. The summed E-state index contributed by atoms with van der Waals surface area (Å²) in [6.45, 7) is 1.15. The second-order valence-corrected chi connectivity index (χ2v) is 12.8. The van der Waals surface area contributed by atoms with Gasteiger partial charge in [0.05, 0.1) is 4.92 Å². The molecule has 5 aromatic rings. The molecule has 0 bridgehead atoms. The number of benzene rings is 4. The molecule has 0 saturated heterocycles. The van der Waals surface area contributed by atoms with Crippen LogP contribution in [-0.2, 0) is 59.6 Å². The molecule has 4 aromatic carbocycles. The lowest BCUT2D eigenvalue weighted by Gasteiger charge is -2.24.